The molecule has 1 aromatic carbocycles. The molecule has 1 aliphatic rings. The van der Waals surface area contributed by atoms with Crippen molar-refractivity contribution in [3.8, 4) is 0 Å². The largest absolute Gasteiger partial charge is 0.445 e. The van der Waals surface area contributed by atoms with E-state index in [2.05, 4.69) is 10.6 Å². The predicted octanol–water partition coefficient (Wildman–Crippen LogP) is 3.50. The van der Waals surface area contributed by atoms with Crippen molar-refractivity contribution < 1.29 is 14.3 Å². The molecule has 2 amide bonds. The molecule has 4 N–H and O–H groups in total. The summed E-state index contributed by atoms with van der Waals surface area (Å²) in [5.74, 6) is 0.698. The highest BCUT2D eigenvalue weighted by Crippen LogP contribution is 2.25. The molecule has 0 aliphatic heterocycles. The second-order valence-electron chi connectivity index (χ2n) is 7.67. The molecule has 156 valence electrons. The fourth-order valence-corrected chi connectivity index (χ4v) is 3.59. The van der Waals surface area contributed by atoms with Crippen LogP contribution < -0.4 is 16.4 Å². The van der Waals surface area contributed by atoms with Gasteiger partial charge in [0.1, 0.15) is 6.61 Å². The Morgan fingerprint density at radius 2 is 1.79 bits per heavy atom. The molecule has 6 heteroatoms. The van der Waals surface area contributed by atoms with Crippen LogP contribution in [0.4, 0.5) is 4.79 Å². The van der Waals surface area contributed by atoms with Gasteiger partial charge in [-0.05, 0) is 37.2 Å². The van der Waals surface area contributed by atoms with Crippen molar-refractivity contribution in [2.75, 3.05) is 13.1 Å². The smallest absolute Gasteiger partial charge is 0.407 e. The maximum Gasteiger partial charge on any atom is 0.407 e. The van der Waals surface area contributed by atoms with Crippen molar-refractivity contribution in [1.29, 1.82) is 0 Å². The van der Waals surface area contributed by atoms with Crippen molar-refractivity contribution in [2.45, 2.75) is 70.4 Å². The van der Waals surface area contributed by atoms with Crippen LogP contribution in [0.3, 0.4) is 0 Å². The molecule has 1 aliphatic carbocycles. The fraction of sp³-hybridized carbons (Fsp3) is 0.636. The highest BCUT2D eigenvalue weighted by molar-refractivity contribution is 5.81. The molecule has 0 heterocycles. The number of benzene rings is 1. The standard InChI is InChI=1S/C22H35N3O3/c23-20(21(26)24-16-14-18-9-3-1-4-10-18)13-7-8-15-25-22(27)28-17-19-11-5-2-6-12-19/h2,5-6,11-12,18,20H,1,3-4,7-10,13-17,23H2,(H,24,26)(H,25,27)/t20-/m0/s1. The second kappa shape index (κ2) is 13.2. The zero-order valence-corrected chi connectivity index (χ0v) is 16.8. The minimum absolute atomic E-state index is 0.0639. The minimum Gasteiger partial charge on any atom is -0.445 e. The van der Waals surface area contributed by atoms with Crippen LogP contribution in [0.15, 0.2) is 30.3 Å². The van der Waals surface area contributed by atoms with Crippen LogP contribution in [0.1, 0.15) is 63.4 Å². The summed E-state index contributed by atoms with van der Waals surface area (Å²) in [6, 6.07) is 9.09. The summed E-state index contributed by atoms with van der Waals surface area (Å²) in [5.41, 5.74) is 6.92. The molecule has 1 atom stereocenters. The topological polar surface area (TPSA) is 93.4 Å². The van der Waals surface area contributed by atoms with Gasteiger partial charge in [0.25, 0.3) is 0 Å². The van der Waals surface area contributed by atoms with Crippen molar-refractivity contribution >= 4 is 12.0 Å². The molecule has 2 rings (SSSR count). The van der Waals surface area contributed by atoms with Crippen LogP contribution in [0, 0.1) is 5.92 Å². The van der Waals surface area contributed by atoms with Crippen LogP contribution in [-0.4, -0.2) is 31.1 Å². The number of hydrogen-bond donors (Lipinski definition) is 3. The van der Waals surface area contributed by atoms with E-state index in [1.807, 2.05) is 30.3 Å². The Morgan fingerprint density at radius 3 is 2.54 bits per heavy atom. The van der Waals surface area contributed by atoms with E-state index in [1.165, 1.54) is 32.1 Å². The Bertz CT molecular complexity index is 574. The molecule has 0 radical (unpaired) electrons. The summed E-state index contributed by atoms with van der Waals surface area (Å²) in [5, 5.41) is 5.69. The molecule has 1 fully saturated rings. The lowest BCUT2D eigenvalue weighted by molar-refractivity contribution is -0.122. The van der Waals surface area contributed by atoms with Crippen molar-refractivity contribution in [1.82, 2.24) is 10.6 Å². The highest BCUT2D eigenvalue weighted by Gasteiger charge is 2.15. The number of nitrogens with two attached hydrogens (primary N) is 1. The maximum atomic E-state index is 12.1. The summed E-state index contributed by atoms with van der Waals surface area (Å²) in [6.45, 7) is 1.51. The zero-order chi connectivity index (χ0) is 20.0. The number of carbonyl (C=O) groups is 2. The molecule has 1 saturated carbocycles. The summed E-state index contributed by atoms with van der Waals surface area (Å²) in [4.78, 5) is 23.7. The Kier molecular flexibility index (Phi) is 10.4. The third kappa shape index (κ3) is 9.22. The highest BCUT2D eigenvalue weighted by atomic mass is 16.5. The molecule has 28 heavy (non-hydrogen) atoms. The first-order valence-corrected chi connectivity index (χ1v) is 10.6. The van der Waals surface area contributed by atoms with Crippen LogP contribution in [0.2, 0.25) is 0 Å². The van der Waals surface area contributed by atoms with Gasteiger partial charge in [0.05, 0.1) is 6.04 Å². The van der Waals surface area contributed by atoms with Gasteiger partial charge in [-0.2, -0.15) is 0 Å². The first-order chi connectivity index (χ1) is 13.6. The van der Waals surface area contributed by atoms with Crippen LogP contribution in [0.5, 0.6) is 0 Å². The maximum absolute atomic E-state index is 12.1. The monoisotopic (exact) mass is 389 g/mol. The van der Waals surface area contributed by atoms with E-state index in [9.17, 15) is 9.59 Å². The lowest BCUT2D eigenvalue weighted by Gasteiger charge is -2.21. The van der Waals surface area contributed by atoms with E-state index in [-0.39, 0.29) is 12.5 Å². The van der Waals surface area contributed by atoms with E-state index in [0.717, 1.165) is 37.3 Å². The number of rotatable bonds is 11. The van der Waals surface area contributed by atoms with E-state index in [4.69, 9.17) is 10.5 Å². The summed E-state index contributed by atoms with van der Waals surface area (Å²) in [7, 11) is 0. The van der Waals surface area contributed by atoms with Gasteiger partial charge in [0.2, 0.25) is 5.91 Å². The predicted molar refractivity (Wildman–Crippen MR) is 111 cm³/mol. The third-order valence-corrected chi connectivity index (χ3v) is 5.34. The van der Waals surface area contributed by atoms with Gasteiger partial charge < -0.3 is 21.1 Å². The number of amides is 2. The van der Waals surface area contributed by atoms with Gasteiger partial charge in [-0.15, -0.1) is 0 Å². The van der Waals surface area contributed by atoms with Crippen molar-refractivity contribution in [3.63, 3.8) is 0 Å². The van der Waals surface area contributed by atoms with Gasteiger partial charge in [0, 0.05) is 13.1 Å². The molecule has 0 saturated heterocycles. The van der Waals surface area contributed by atoms with Gasteiger partial charge in [-0.25, -0.2) is 4.79 Å². The quantitative estimate of drug-likeness (QED) is 0.505. The Morgan fingerprint density at radius 1 is 1.04 bits per heavy atom. The summed E-state index contributed by atoms with van der Waals surface area (Å²) < 4.78 is 5.15. The molecule has 0 bridgehead atoms. The van der Waals surface area contributed by atoms with Gasteiger partial charge in [0.15, 0.2) is 0 Å². The zero-order valence-electron chi connectivity index (χ0n) is 16.8. The Balaban J connectivity index is 1.45. The number of carbonyl (C=O) groups excluding carboxylic acids is 2. The van der Waals surface area contributed by atoms with Crippen molar-refractivity contribution in [3.05, 3.63) is 35.9 Å². The van der Waals surface area contributed by atoms with Gasteiger partial charge in [-0.1, -0.05) is 62.4 Å². The molecule has 0 unspecified atom stereocenters. The molecule has 6 nitrogen and oxygen atoms in total. The first kappa shape index (κ1) is 22.2. The van der Waals surface area contributed by atoms with E-state index < -0.39 is 12.1 Å². The van der Waals surface area contributed by atoms with Crippen LogP contribution in [-0.2, 0) is 16.1 Å². The molecule has 0 aromatic heterocycles. The lowest BCUT2D eigenvalue weighted by Crippen LogP contribution is -2.41. The number of hydrogen-bond acceptors (Lipinski definition) is 4. The van der Waals surface area contributed by atoms with Gasteiger partial charge >= 0.3 is 6.09 Å². The van der Waals surface area contributed by atoms with Crippen molar-refractivity contribution in [2.24, 2.45) is 11.7 Å². The SMILES string of the molecule is N[C@@H](CCCCNC(=O)OCc1ccccc1)C(=O)NCCC1CCCCC1. The molecular formula is C22H35N3O3. The number of alkyl carbamates (subject to hydrolysis) is 1. The molecular weight excluding hydrogens is 354 g/mol. The average Bonchev–Trinajstić information content (AvgIpc) is 2.73. The van der Waals surface area contributed by atoms with E-state index >= 15 is 0 Å². The van der Waals surface area contributed by atoms with Crippen LogP contribution >= 0.6 is 0 Å². The van der Waals surface area contributed by atoms with E-state index in [1.54, 1.807) is 0 Å². The normalized spacial score (nSPS) is 15.6. The van der Waals surface area contributed by atoms with Crippen LogP contribution in [0.25, 0.3) is 0 Å². The number of unbranched alkanes of at least 4 members (excludes halogenated alkanes) is 1. The van der Waals surface area contributed by atoms with E-state index in [0.29, 0.717) is 13.0 Å². The Hall–Kier alpha value is -2.08. The summed E-state index contributed by atoms with van der Waals surface area (Å²) in [6.07, 6.45) is 9.41. The average molecular weight is 390 g/mol. The second-order valence-corrected chi connectivity index (χ2v) is 7.67. The Labute approximate surface area is 168 Å². The molecule has 0 spiro atoms. The molecule has 1 aromatic rings. The van der Waals surface area contributed by atoms with Gasteiger partial charge in [-0.3, -0.25) is 4.79 Å². The minimum atomic E-state index is -0.476. The lowest BCUT2D eigenvalue weighted by atomic mass is 9.87. The number of nitrogens with one attached hydrogen (secondary N) is 2. The first-order valence-electron chi connectivity index (χ1n) is 10.6. The fourth-order valence-electron chi connectivity index (χ4n) is 3.59. The third-order valence-electron chi connectivity index (χ3n) is 5.34. The number of ether oxygens (including phenoxy) is 1. The summed E-state index contributed by atoms with van der Waals surface area (Å²) >= 11 is 0.